The SMILES string of the molecule is CCc1c(C(N)C(=O)O)cc(Cl)c2c1OCCO2. The summed E-state index contributed by atoms with van der Waals surface area (Å²) in [4.78, 5) is 11.0. The van der Waals surface area contributed by atoms with Crippen molar-refractivity contribution >= 4 is 17.6 Å². The van der Waals surface area contributed by atoms with Gasteiger partial charge >= 0.3 is 5.97 Å². The van der Waals surface area contributed by atoms with E-state index in [9.17, 15) is 4.79 Å². The van der Waals surface area contributed by atoms with Crippen molar-refractivity contribution in [2.75, 3.05) is 13.2 Å². The zero-order valence-electron chi connectivity index (χ0n) is 9.90. The zero-order chi connectivity index (χ0) is 13.3. The predicted molar refractivity (Wildman–Crippen MR) is 66.4 cm³/mol. The van der Waals surface area contributed by atoms with E-state index >= 15 is 0 Å². The summed E-state index contributed by atoms with van der Waals surface area (Å²) >= 11 is 6.07. The van der Waals surface area contributed by atoms with Crippen molar-refractivity contribution in [3.8, 4) is 11.5 Å². The average Bonchev–Trinajstić information content (AvgIpc) is 2.37. The number of nitrogens with two attached hydrogens (primary N) is 1. The molecule has 0 amide bonds. The standard InChI is InChI=1S/C12H14ClNO4/c1-2-6-7(9(14)12(15)16)5-8(13)11-10(6)17-3-4-18-11/h5,9H,2-4,14H2,1H3,(H,15,16). The molecule has 18 heavy (non-hydrogen) atoms. The van der Waals surface area contributed by atoms with Gasteiger partial charge in [0.05, 0.1) is 5.02 Å². The summed E-state index contributed by atoms with van der Waals surface area (Å²) in [6.45, 7) is 2.75. The van der Waals surface area contributed by atoms with Crippen LogP contribution in [0.1, 0.15) is 24.1 Å². The Morgan fingerprint density at radius 3 is 2.67 bits per heavy atom. The first-order chi connectivity index (χ1) is 8.56. The fraction of sp³-hybridized carbons (Fsp3) is 0.417. The fourth-order valence-electron chi connectivity index (χ4n) is 2.02. The van der Waals surface area contributed by atoms with Crippen molar-refractivity contribution in [3.63, 3.8) is 0 Å². The molecule has 1 aliphatic heterocycles. The van der Waals surface area contributed by atoms with E-state index in [1.807, 2.05) is 6.92 Å². The highest BCUT2D eigenvalue weighted by atomic mass is 35.5. The molecule has 2 rings (SSSR count). The van der Waals surface area contributed by atoms with Gasteiger partial charge in [0.15, 0.2) is 11.5 Å². The molecule has 6 heteroatoms. The molecule has 0 saturated carbocycles. The van der Waals surface area contributed by atoms with Crippen LogP contribution < -0.4 is 15.2 Å². The van der Waals surface area contributed by atoms with Crippen LogP contribution in [0, 0.1) is 0 Å². The molecule has 0 bridgehead atoms. The normalized spacial score (nSPS) is 15.3. The minimum atomic E-state index is -1.12. The van der Waals surface area contributed by atoms with Gasteiger partial charge in [0, 0.05) is 5.56 Å². The molecule has 1 atom stereocenters. The van der Waals surface area contributed by atoms with E-state index in [1.54, 1.807) is 6.07 Å². The van der Waals surface area contributed by atoms with Gasteiger partial charge in [-0.25, -0.2) is 0 Å². The summed E-state index contributed by atoms with van der Waals surface area (Å²) in [5.41, 5.74) is 6.87. The summed E-state index contributed by atoms with van der Waals surface area (Å²) < 4.78 is 11.0. The lowest BCUT2D eigenvalue weighted by Gasteiger charge is -2.24. The molecule has 0 spiro atoms. The number of ether oxygens (including phenoxy) is 2. The number of hydrogen-bond donors (Lipinski definition) is 2. The number of fused-ring (bicyclic) bond motifs is 1. The van der Waals surface area contributed by atoms with Gasteiger partial charge in [-0.2, -0.15) is 0 Å². The van der Waals surface area contributed by atoms with Gasteiger partial charge in [-0.15, -0.1) is 0 Å². The molecule has 3 N–H and O–H groups in total. The van der Waals surface area contributed by atoms with Crippen LogP contribution >= 0.6 is 11.6 Å². The van der Waals surface area contributed by atoms with E-state index < -0.39 is 12.0 Å². The number of aliphatic carboxylic acids is 1. The lowest BCUT2D eigenvalue weighted by molar-refractivity contribution is -0.138. The molecule has 1 aromatic rings. The Labute approximate surface area is 109 Å². The summed E-state index contributed by atoms with van der Waals surface area (Å²) in [6.07, 6.45) is 0.596. The van der Waals surface area contributed by atoms with Gasteiger partial charge in [0.1, 0.15) is 19.3 Å². The molecule has 1 unspecified atom stereocenters. The van der Waals surface area contributed by atoms with Crippen molar-refractivity contribution in [1.29, 1.82) is 0 Å². The van der Waals surface area contributed by atoms with Crippen molar-refractivity contribution in [1.82, 2.24) is 0 Å². The topological polar surface area (TPSA) is 81.8 Å². The summed E-state index contributed by atoms with van der Waals surface area (Å²) in [7, 11) is 0. The van der Waals surface area contributed by atoms with Crippen LogP contribution in [0.3, 0.4) is 0 Å². The van der Waals surface area contributed by atoms with Crippen LogP contribution in [0.5, 0.6) is 11.5 Å². The Balaban J connectivity index is 2.60. The highest BCUT2D eigenvalue weighted by Gasteiger charge is 2.26. The van der Waals surface area contributed by atoms with E-state index in [1.165, 1.54) is 0 Å². The van der Waals surface area contributed by atoms with Crippen LogP contribution in [0.25, 0.3) is 0 Å². The molecule has 0 aromatic heterocycles. The molecule has 1 heterocycles. The van der Waals surface area contributed by atoms with Crippen LogP contribution in [-0.4, -0.2) is 24.3 Å². The molecular formula is C12H14ClNO4. The molecule has 0 radical (unpaired) electrons. The Morgan fingerprint density at radius 1 is 1.50 bits per heavy atom. The second-order valence-corrected chi connectivity index (χ2v) is 4.36. The van der Waals surface area contributed by atoms with E-state index in [2.05, 4.69) is 0 Å². The van der Waals surface area contributed by atoms with Crippen LogP contribution in [0.15, 0.2) is 6.07 Å². The Kier molecular flexibility index (Phi) is 3.63. The third-order valence-corrected chi connectivity index (χ3v) is 3.14. The fourth-order valence-corrected chi connectivity index (χ4v) is 2.27. The highest BCUT2D eigenvalue weighted by Crippen LogP contribution is 2.43. The Morgan fingerprint density at radius 2 is 2.11 bits per heavy atom. The Bertz CT molecular complexity index is 489. The molecule has 5 nitrogen and oxygen atoms in total. The Hall–Kier alpha value is -1.46. The van der Waals surface area contributed by atoms with Crippen molar-refractivity contribution in [2.24, 2.45) is 5.73 Å². The first kappa shape index (κ1) is 13.0. The average molecular weight is 272 g/mol. The van der Waals surface area contributed by atoms with E-state index in [-0.39, 0.29) is 0 Å². The summed E-state index contributed by atoms with van der Waals surface area (Å²) in [6, 6.07) is 0.431. The molecule has 1 aliphatic rings. The smallest absolute Gasteiger partial charge is 0.325 e. The first-order valence-electron chi connectivity index (χ1n) is 5.65. The van der Waals surface area contributed by atoms with Gasteiger partial charge in [0.25, 0.3) is 0 Å². The second-order valence-electron chi connectivity index (χ2n) is 3.95. The maximum atomic E-state index is 11.0. The number of carbonyl (C=O) groups is 1. The summed E-state index contributed by atoms with van der Waals surface area (Å²) in [5.74, 6) is -0.110. The number of rotatable bonds is 3. The van der Waals surface area contributed by atoms with Crippen molar-refractivity contribution in [3.05, 3.63) is 22.2 Å². The molecule has 98 valence electrons. The minimum absolute atomic E-state index is 0.327. The minimum Gasteiger partial charge on any atom is -0.486 e. The van der Waals surface area contributed by atoms with Crippen LogP contribution in [0.4, 0.5) is 0 Å². The second kappa shape index (κ2) is 5.04. The van der Waals surface area contributed by atoms with Crippen molar-refractivity contribution < 1.29 is 19.4 Å². The first-order valence-corrected chi connectivity index (χ1v) is 6.03. The number of hydrogen-bond acceptors (Lipinski definition) is 4. The largest absolute Gasteiger partial charge is 0.486 e. The number of carboxylic acid groups (broad SMARTS) is 1. The number of carboxylic acids is 1. The van der Waals surface area contributed by atoms with E-state index in [0.717, 1.165) is 5.56 Å². The number of halogens is 1. The molecule has 0 saturated heterocycles. The van der Waals surface area contributed by atoms with Gasteiger partial charge in [0.2, 0.25) is 0 Å². The van der Waals surface area contributed by atoms with Crippen LogP contribution in [0.2, 0.25) is 5.02 Å². The highest BCUT2D eigenvalue weighted by molar-refractivity contribution is 6.32. The number of benzene rings is 1. The van der Waals surface area contributed by atoms with Gasteiger partial charge in [-0.05, 0) is 18.1 Å². The molecule has 1 aromatic carbocycles. The lowest BCUT2D eigenvalue weighted by atomic mass is 9.97. The maximum absolute atomic E-state index is 11.0. The van der Waals surface area contributed by atoms with Gasteiger partial charge in [-0.3, -0.25) is 4.79 Å². The lowest BCUT2D eigenvalue weighted by Crippen LogP contribution is -2.24. The molecule has 0 fully saturated rings. The van der Waals surface area contributed by atoms with Crippen LogP contribution in [-0.2, 0) is 11.2 Å². The van der Waals surface area contributed by atoms with Gasteiger partial charge in [-0.1, -0.05) is 18.5 Å². The zero-order valence-corrected chi connectivity index (χ0v) is 10.7. The monoisotopic (exact) mass is 271 g/mol. The molecular weight excluding hydrogens is 258 g/mol. The van der Waals surface area contributed by atoms with Gasteiger partial charge < -0.3 is 20.3 Å². The maximum Gasteiger partial charge on any atom is 0.325 e. The van der Waals surface area contributed by atoms with E-state index in [0.29, 0.717) is 41.7 Å². The third-order valence-electron chi connectivity index (χ3n) is 2.86. The van der Waals surface area contributed by atoms with E-state index in [4.69, 9.17) is 31.9 Å². The third kappa shape index (κ3) is 2.11. The van der Waals surface area contributed by atoms with Crippen molar-refractivity contribution in [2.45, 2.75) is 19.4 Å². The molecule has 0 aliphatic carbocycles. The quantitative estimate of drug-likeness (QED) is 0.875. The predicted octanol–water partition coefficient (Wildman–Crippen LogP) is 1.76. The summed E-state index contributed by atoms with van der Waals surface area (Å²) in [5, 5.41) is 9.34.